The summed E-state index contributed by atoms with van der Waals surface area (Å²) in [5, 5.41) is 3.44. The second-order valence-corrected chi connectivity index (χ2v) is 5.84. The number of benzene rings is 1. The number of rotatable bonds is 8. The van der Waals surface area contributed by atoms with Gasteiger partial charge in [0.15, 0.2) is 0 Å². The maximum atomic E-state index is 12.6. The van der Waals surface area contributed by atoms with Crippen molar-refractivity contribution in [2.45, 2.75) is 39.2 Å². The second kappa shape index (κ2) is 9.03. The molecule has 1 aromatic carbocycles. The molecular weight excluding hydrogens is 336 g/mol. The topological polar surface area (TPSA) is 97.5 Å². The third kappa shape index (κ3) is 4.62. The number of hydrogen-bond acceptors (Lipinski definition) is 5. The van der Waals surface area contributed by atoms with Crippen molar-refractivity contribution in [2.75, 3.05) is 13.2 Å². The Kier molecular flexibility index (Phi) is 6.77. The van der Waals surface area contributed by atoms with E-state index in [9.17, 15) is 14.4 Å². The van der Waals surface area contributed by atoms with Crippen LogP contribution in [0.3, 0.4) is 0 Å². The molecule has 0 fully saturated rings. The summed E-state index contributed by atoms with van der Waals surface area (Å²) >= 11 is 0. The van der Waals surface area contributed by atoms with Gasteiger partial charge in [0.2, 0.25) is 5.91 Å². The van der Waals surface area contributed by atoms with Crippen molar-refractivity contribution in [3.05, 3.63) is 36.0 Å². The van der Waals surface area contributed by atoms with E-state index < -0.39 is 23.9 Å². The van der Waals surface area contributed by atoms with Crippen LogP contribution in [0.1, 0.15) is 38.7 Å². The highest BCUT2D eigenvalue weighted by Gasteiger charge is 2.32. The van der Waals surface area contributed by atoms with Crippen LogP contribution in [0, 0.1) is 0 Å². The molecule has 7 heteroatoms. The molecule has 7 nitrogen and oxygen atoms in total. The van der Waals surface area contributed by atoms with Gasteiger partial charge in [0, 0.05) is 24.0 Å². The molecular formula is C19H24N2O5. The largest absolute Gasteiger partial charge is 0.466 e. The van der Waals surface area contributed by atoms with Crippen molar-refractivity contribution in [3.63, 3.8) is 0 Å². The third-order valence-corrected chi connectivity index (χ3v) is 3.99. The lowest BCUT2D eigenvalue weighted by molar-refractivity contribution is -0.149. The minimum absolute atomic E-state index is 0.0547. The first kappa shape index (κ1) is 19.5. The van der Waals surface area contributed by atoms with Gasteiger partial charge in [-0.05, 0) is 31.9 Å². The molecule has 1 aromatic heterocycles. The maximum absolute atomic E-state index is 12.6. The zero-order chi connectivity index (χ0) is 19.1. The highest BCUT2D eigenvalue weighted by atomic mass is 16.5. The molecule has 2 aromatic rings. The van der Waals surface area contributed by atoms with Crippen molar-refractivity contribution in [2.24, 2.45) is 0 Å². The van der Waals surface area contributed by atoms with Crippen LogP contribution in [0.4, 0.5) is 0 Å². The number of nitrogens with one attached hydrogen (secondary N) is 2. The Hall–Kier alpha value is -2.83. The van der Waals surface area contributed by atoms with E-state index in [0.717, 1.165) is 16.5 Å². The fourth-order valence-corrected chi connectivity index (χ4v) is 2.91. The van der Waals surface area contributed by atoms with Crippen LogP contribution >= 0.6 is 0 Å². The second-order valence-electron chi connectivity index (χ2n) is 5.84. The van der Waals surface area contributed by atoms with Crippen molar-refractivity contribution < 1.29 is 23.9 Å². The van der Waals surface area contributed by atoms with Gasteiger partial charge in [-0.3, -0.25) is 9.59 Å². The molecule has 0 aliphatic carbocycles. The number of aromatic nitrogens is 1. The average Bonchev–Trinajstić information content (AvgIpc) is 3.02. The Morgan fingerprint density at radius 3 is 2.38 bits per heavy atom. The lowest BCUT2D eigenvalue weighted by atomic mass is 9.91. The first-order chi connectivity index (χ1) is 12.5. The van der Waals surface area contributed by atoms with Gasteiger partial charge in [-0.25, -0.2) is 4.79 Å². The monoisotopic (exact) mass is 360 g/mol. The SMILES string of the molecule is CCOC(=O)C(C[C@H](NC(C)=O)C(=O)OCC)c1c[nH]c2ccccc12. The molecule has 140 valence electrons. The van der Waals surface area contributed by atoms with E-state index in [0.29, 0.717) is 0 Å². The van der Waals surface area contributed by atoms with Gasteiger partial charge in [0.25, 0.3) is 0 Å². The maximum Gasteiger partial charge on any atom is 0.328 e. The molecule has 1 amide bonds. The molecule has 0 radical (unpaired) electrons. The Morgan fingerprint density at radius 2 is 1.73 bits per heavy atom. The number of ether oxygens (including phenoxy) is 2. The Morgan fingerprint density at radius 1 is 1.08 bits per heavy atom. The van der Waals surface area contributed by atoms with E-state index in [2.05, 4.69) is 10.3 Å². The minimum atomic E-state index is -0.935. The van der Waals surface area contributed by atoms with Crippen LogP contribution in [0.15, 0.2) is 30.5 Å². The van der Waals surface area contributed by atoms with Crippen LogP contribution < -0.4 is 5.32 Å². The molecule has 0 aliphatic rings. The van der Waals surface area contributed by atoms with Crippen molar-refractivity contribution in [1.82, 2.24) is 10.3 Å². The Balaban J connectivity index is 2.38. The van der Waals surface area contributed by atoms with E-state index >= 15 is 0 Å². The minimum Gasteiger partial charge on any atom is -0.466 e. The molecule has 0 bridgehead atoms. The molecule has 0 aliphatic heterocycles. The smallest absolute Gasteiger partial charge is 0.328 e. The average molecular weight is 360 g/mol. The normalized spacial score (nSPS) is 13.0. The van der Waals surface area contributed by atoms with E-state index in [1.165, 1.54) is 6.92 Å². The number of para-hydroxylation sites is 1. The zero-order valence-electron chi connectivity index (χ0n) is 15.2. The van der Waals surface area contributed by atoms with Crippen LogP contribution in [0.25, 0.3) is 10.9 Å². The molecule has 26 heavy (non-hydrogen) atoms. The van der Waals surface area contributed by atoms with Crippen LogP contribution in [0.5, 0.6) is 0 Å². The highest BCUT2D eigenvalue weighted by Crippen LogP contribution is 2.30. The Bertz CT molecular complexity index is 783. The third-order valence-electron chi connectivity index (χ3n) is 3.99. The summed E-state index contributed by atoms with van der Waals surface area (Å²) in [6, 6.07) is 6.62. The molecule has 2 rings (SSSR count). The summed E-state index contributed by atoms with van der Waals surface area (Å²) in [6.07, 6.45) is 1.79. The number of esters is 2. The van der Waals surface area contributed by atoms with E-state index in [1.807, 2.05) is 24.3 Å². The summed E-state index contributed by atoms with van der Waals surface area (Å²) in [7, 11) is 0. The quantitative estimate of drug-likeness (QED) is 0.704. The lowest BCUT2D eigenvalue weighted by Gasteiger charge is -2.21. The fraction of sp³-hybridized carbons (Fsp3) is 0.421. The van der Waals surface area contributed by atoms with Gasteiger partial charge in [-0.1, -0.05) is 18.2 Å². The number of H-pyrrole nitrogens is 1. The predicted molar refractivity (Wildman–Crippen MR) is 96.5 cm³/mol. The summed E-state index contributed by atoms with van der Waals surface area (Å²) in [4.78, 5) is 39.4. The highest BCUT2D eigenvalue weighted by molar-refractivity contribution is 5.91. The first-order valence-corrected chi connectivity index (χ1v) is 8.64. The van der Waals surface area contributed by atoms with Crippen molar-refractivity contribution in [3.8, 4) is 0 Å². The zero-order valence-corrected chi connectivity index (χ0v) is 15.2. The summed E-state index contributed by atoms with van der Waals surface area (Å²) in [6.45, 7) is 5.14. The summed E-state index contributed by atoms with van der Waals surface area (Å²) < 4.78 is 10.2. The standard InChI is InChI=1S/C19H24N2O5/c1-4-25-18(23)14(10-17(21-12(3)22)19(24)26-5-2)15-11-20-16-9-7-6-8-13(15)16/h6-9,11,14,17,20H,4-5,10H2,1-3H3,(H,21,22)/t14?,17-/m0/s1. The molecule has 2 atom stereocenters. The number of hydrogen-bond donors (Lipinski definition) is 2. The van der Waals surface area contributed by atoms with E-state index in [-0.39, 0.29) is 25.5 Å². The van der Waals surface area contributed by atoms with Gasteiger partial charge >= 0.3 is 11.9 Å². The van der Waals surface area contributed by atoms with Crippen LogP contribution in [-0.2, 0) is 23.9 Å². The first-order valence-electron chi connectivity index (χ1n) is 8.64. The molecule has 1 unspecified atom stereocenters. The molecule has 0 spiro atoms. The summed E-state index contributed by atoms with van der Waals surface area (Å²) in [5.41, 5.74) is 1.60. The van der Waals surface area contributed by atoms with Crippen LogP contribution in [-0.4, -0.2) is 42.1 Å². The van der Waals surface area contributed by atoms with Crippen LogP contribution in [0.2, 0.25) is 0 Å². The number of aromatic amines is 1. The van der Waals surface area contributed by atoms with Gasteiger partial charge < -0.3 is 19.8 Å². The van der Waals surface area contributed by atoms with Gasteiger partial charge in [0.05, 0.1) is 19.1 Å². The number of carbonyl (C=O) groups excluding carboxylic acids is 3. The van der Waals surface area contributed by atoms with Gasteiger partial charge in [-0.15, -0.1) is 0 Å². The molecule has 1 heterocycles. The number of fused-ring (bicyclic) bond motifs is 1. The number of amides is 1. The summed E-state index contributed by atoms with van der Waals surface area (Å²) in [5.74, 6) is -2.11. The van der Waals surface area contributed by atoms with Crippen molar-refractivity contribution >= 4 is 28.7 Å². The Labute approximate surface area is 152 Å². The molecule has 2 N–H and O–H groups in total. The predicted octanol–water partition coefficient (Wildman–Crippen LogP) is 2.27. The van der Waals surface area contributed by atoms with E-state index in [1.54, 1.807) is 20.0 Å². The van der Waals surface area contributed by atoms with Crippen molar-refractivity contribution in [1.29, 1.82) is 0 Å². The lowest BCUT2D eigenvalue weighted by Crippen LogP contribution is -2.42. The molecule has 0 saturated carbocycles. The fourth-order valence-electron chi connectivity index (χ4n) is 2.91. The van der Waals surface area contributed by atoms with Gasteiger partial charge in [0.1, 0.15) is 6.04 Å². The number of carbonyl (C=O) groups is 3. The molecule has 0 saturated heterocycles. The van der Waals surface area contributed by atoms with Gasteiger partial charge in [-0.2, -0.15) is 0 Å². The van der Waals surface area contributed by atoms with E-state index in [4.69, 9.17) is 9.47 Å².